The molecule has 0 aliphatic heterocycles. The maximum atomic E-state index is 12.3. The summed E-state index contributed by atoms with van der Waals surface area (Å²) in [4.78, 5) is 16.7. The van der Waals surface area contributed by atoms with Gasteiger partial charge in [0, 0.05) is 23.1 Å². The summed E-state index contributed by atoms with van der Waals surface area (Å²) in [6.07, 6.45) is 0. The fraction of sp³-hybridized carbons (Fsp3) is 0.158. The lowest BCUT2D eigenvalue weighted by atomic mass is 10.2. The third-order valence-corrected chi connectivity index (χ3v) is 4.56. The number of nitrogens with zero attached hydrogens (tertiary/aromatic N) is 1. The van der Waals surface area contributed by atoms with Crippen molar-refractivity contribution in [2.24, 2.45) is 0 Å². The molecule has 5 heteroatoms. The van der Waals surface area contributed by atoms with E-state index in [2.05, 4.69) is 10.3 Å². The number of carbonyl (C=O) groups is 1. The maximum Gasteiger partial charge on any atom is 0.271 e. The number of amides is 1. The average Bonchev–Trinajstić information content (AvgIpc) is 3.10. The van der Waals surface area contributed by atoms with Gasteiger partial charge in [-0.1, -0.05) is 48.0 Å². The van der Waals surface area contributed by atoms with E-state index in [0.29, 0.717) is 12.2 Å². The summed E-state index contributed by atoms with van der Waals surface area (Å²) in [7, 11) is 1.62. The van der Waals surface area contributed by atoms with E-state index in [1.54, 1.807) is 12.5 Å². The monoisotopic (exact) mass is 338 g/mol. The van der Waals surface area contributed by atoms with Crippen molar-refractivity contribution in [3.05, 3.63) is 70.7 Å². The standard InChI is InChI=1S/C19H18N2O2S/c1-13-7-9-14(10-8-13)19-21-16(12-24-19)18(22)20-11-15-5-3-4-6-17(15)23-2/h3-10,12H,11H2,1-2H3,(H,20,22). The van der Waals surface area contributed by atoms with E-state index in [0.717, 1.165) is 21.9 Å². The summed E-state index contributed by atoms with van der Waals surface area (Å²) in [5.41, 5.74) is 3.59. The number of aromatic nitrogens is 1. The van der Waals surface area contributed by atoms with Crippen LogP contribution < -0.4 is 10.1 Å². The van der Waals surface area contributed by atoms with Crippen LogP contribution in [0.1, 0.15) is 21.6 Å². The lowest BCUT2D eigenvalue weighted by Crippen LogP contribution is -2.23. The van der Waals surface area contributed by atoms with E-state index < -0.39 is 0 Å². The molecule has 122 valence electrons. The quantitative estimate of drug-likeness (QED) is 0.763. The molecule has 0 spiro atoms. The van der Waals surface area contributed by atoms with Crippen LogP contribution in [0, 0.1) is 6.92 Å². The first kappa shape index (κ1) is 16.2. The molecule has 0 atom stereocenters. The van der Waals surface area contributed by atoms with Crippen LogP contribution in [-0.4, -0.2) is 18.0 Å². The van der Waals surface area contributed by atoms with Crippen LogP contribution in [0.2, 0.25) is 0 Å². The molecule has 0 radical (unpaired) electrons. The predicted molar refractivity (Wildman–Crippen MR) is 96.5 cm³/mol. The Labute approximate surface area is 145 Å². The molecule has 1 aromatic heterocycles. The highest BCUT2D eigenvalue weighted by Crippen LogP contribution is 2.24. The number of carbonyl (C=O) groups excluding carboxylic acids is 1. The predicted octanol–water partition coefficient (Wildman–Crippen LogP) is 4.06. The highest BCUT2D eigenvalue weighted by atomic mass is 32.1. The van der Waals surface area contributed by atoms with E-state index in [9.17, 15) is 4.79 Å². The zero-order valence-corrected chi connectivity index (χ0v) is 14.4. The lowest BCUT2D eigenvalue weighted by Gasteiger charge is -2.08. The van der Waals surface area contributed by atoms with Crippen molar-refractivity contribution in [2.75, 3.05) is 7.11 Å². The van der Waals surface area contributed by atoms with Crippen LogP contribution in [0.3, 0.4) is 0 Å². The molecule has 3 rings (SSSR count). The number of nitrogens with one attached hydrogen (secondary N) is 1. The molecular weight excluding hydrogens is 320 g/mol. The summed E-state index contributed by atoms with van der Waals surface area (Å²) in [6, 6.07) is 15.7. The molecule has 0 saturated heterocycles. The first-order chi connectivity index (χ1) is 11.7. The van der Waals surface area contributed by atoms with Gasteiger partial charge in [-0.25, -0.2) is 4.98 Å². The number of para-hydroxylation sites is 1. The van der Waals surface area contributed by atoms with E-state index >= 15 is 0 Å². The lowest BCUT2D eigenvalue weighted by molar-refractivity contribution is 0.0946. The van der Waals surface area contributed by atoms with Crippen molar-refractivity contribution in [1.29, 1.82) is 0 Å². The first-order valence-electron chi connectivity index (χ1n) is 7.60. The Morgan fingerprint density at radius 2 is 1.92 bits per heavy atom. The molecule has 0 aliphatic rings. The van der Waals surface area contributed by atoms with Crippen LogP contribution >= 0.6 is 11.3 Å². The van der Waals surface area contributed by atoms with E-state index in [1.165, 1.54) is 16.9 Å². The summed E-state index contributed by atoms with van der Waals surface area (Å²) < 4.78 is 5.29. The fourth-order valence-electron chi connectivity index (χ4n) is 2.32. The molecule has 0 saturated carbocycles. The van der Waals surface area contributed by atoms with Crippen molar-refractivity contribution in [3.8, 4) is 16.3 Å². The van der Waals surface area contributed by atoms with Gasteiger partial charge in [0.2, 0.25) is 0 Å². The Hall–Kier alpha value is -2.66. The van der Waals surface area contributed by atoms with Crippen LogP contribution in [0.25, 0.3) is 10.6 Å². The third kappa shape index (κ3) is 3.63. The van der Waals surface area contributed by atoms with Crippen molar-refractivity contribution < 1.29 is 9.53 Å². The number of benzene rings is 2. The molecule has 1 N–H and O–H groups in total. The second kappa shape index (κ2) is 7.27. The zero-order chi connectivity index (χ0) is 16.9. The summed E-state index contributed by atoms with van der Waals surface area (Å²) >= 11 is 1.47. The van der Waals surface area contributed by atoms with Gasteiger partial charge in [-0.15, -0.1) is 11.3 Å². The van der Waals surface area contributed by atoms with Gasteiger partial charge in [0.05, 0.1) is 7.11 Å². The van der Waals surface area contributed by atoms with Gasteiger partial charge >= 0.3 is 0 Å². The second-order valence-electron chi connectivity index (χ2n) is 5.40. The van der Waals surface area contributed by atoms with E-state index in [1.807, 2.05) is 55.5 Å². The highest BCUT2D eigenvalue weighted by Gasteiger charge is 2.12. The van der Waals surface area contributed by atoms with E-state index in [4.69, 9.17) is 4.74 Å². The Morgan fingerprint density at radius 3 is 2.67 bits per heavy atom. The Morgan fingerprint density at radius 1 is 1.17 bits per heavy atom. The third-order valence-electron chi connectivity index (χ3n) is 3.67. The number of rotatable bonds is 5. The van der Waals surface area contributed by atoms with Crippen LogP contribution in [0.15, 0.2) is 53.9 Å². The minimum Gasteiger partial charge on any atom is -0.496 e. The number of ether oxygens (including phenoxy) is 1. The highest BCUT2D eigenvalue weighted by molar-refractivity contribution is 7.13. The van der Waals surface area contributed by atoms with E-state index in [-0.39, 0.29) is 5.91 Å². The normalized spacial score (nSPS) is 10.4. The van der Waals surface area contributed by atoms with Gasteiger partial charge in [-0.2, -0.15) is 0 Å². The van der Waals surface area contributed by atoms with Crippen LogP contribution in [0.5, 0.6) is 5.75 Å². The van der Waals surface area contributed by atoms with Crippen LogP contribution in [-0.2, 0) is 6.54 Å². The van der Waals surface area contributed by atoms with Crippen molar-refractivity contribution in [1.82, 2.24) is 10.3 Å². The number of thiazole rings is 1. The molecule has 0 unspecified atom stereocenters. The molecule has 3 aromatic rings. The molecular formula is C19H18N2O2S. The Balaban J connectivity index is 1.69. The molecule has 2 aromatic carbocycles. The molecule has 4 nitrogen and oxygen atoms in total. The topological polar surface area (TPSA) is 51.2 Å². The average molecular weight is 338 g/mol. The van der Waals surface area contributed by atoms with Gasteiger partial charge in [0.25, 0.3) is 5.91 Å². The molecule has 24 heavy (non-hydrogen) atoms. The van der Waals surface area contributed by atoms with Crippen molar-refractivity contribution in [2.45, 2.75) is 13.5 Å². The van der Waals surface area contributed by atoms with Crippen LogP contribution in [0.4, 0.5) is 0 Å². The smallest absolute Gasteiger partial charge is 0.271 e. The number of aryl methyl sites for hydroxylation is 1. The summed E-state index contributed by atoms with van der Waals surface area (Å²) in [6.45, 7) is 2.45. The molecule has 0 aliphatic carbocycles. The minimum absolute atomic E-state index is 0.185. The number of hydrogen-bond donors (Lipinski definition) is 1. The minimum atomic E-state index is -0.185. The molecule has 0 fully saturated rings. The number of hydrogen-bond acceptors (Lipinski definition) is 4. The number of methoxy groups -OCH3 is 1. The molecule has 0 bridgehead atoms. The molecule has 1 heterocycles. The summed E-state index contributed by atoms with van der Waals surface area (Å²) in [5, 5.41) is 5.52. The fourth-order valence-corrected chi connectivity index (χ4v) is 3.13. The molecule has 1 amide bonds. The van der Waals surface area contributed by atoms with Gasteiger partial charge in [-0.05, 0) is 13.0 Å². The SMILES string of the molecule is COc1ccccc1CNC(=O)c1csc(-c2ccc(C)cc2)n1. The first-order valence-corrected chi connectivity index (χ1v) is 8.48. The zero-order valence-electron chi connectivity index (χ0n) is 13.6. The van der Waals surface area contributed by atoms with Gasteiger partial charge in [0.15, 0.2) is 0 Å². The van der Waals surface area contributed by atoms with Gasteiger partial charge in [0.1, 0.15) is 16.5 Å². The van der Waals surface area contributed by atoms with Gasteiger partial charge < -0.3 is 10.1 Å². The van der Waals surface area contributed by atoms with Crippen molar-refractivity contribution >= 4 is 17.2 Å². The largest absolute Gasteiger partial charge is 0.496 e. The second-order valence-corrected chi connectivity index (χ2v) is 6.26. The van der Waals surface area contributed by atoms with Crippen molar-refractivity contribution in [3.63, 3.8) is 0 Å². The van der Waals surface area contributed by atoms with Gasteiger partial charge in [-0.3, -0.25) is 4.79 Å². The Bertz CT molecular complexity index is 841. The Kier molecular flexibility index (Phi) is 4.91. The summed E-state index contributed by atoms with van der Waals surface area (Å²) in [5.74, 6) is 0.576. The maximum absolute atomic E-state index is 12.3.